The second-order valence-corrected chi connectivity index (χ2v) is 13.2. The molecule has 0 aliphatic rings. The van der Waals surface area contributed by atoms with Crippen molar-refractivity contribution >= 4 is 84.3 Å². The lowest BCUT2D eigenvalue weighted by Gasteiger charge is -2.21. The summed E-state index contributed by atoms with van der Waals surface area (Å²) in [6, 6.07) is 11.6. The van der Waals surface area contributed by atoms with Crippen molar-refractivity contribution in [2.45, 2.75) is 31.9 Å². The van der Waals surface area contributed by atoms with E-state index in [9.17, 15) is 25.9 Å². The lowest BCUT2D eigenvalue weighted by molar-refractivity contribution is -0.432. The van der Waals surface area contributed by atoms with Crippen molar-refractivity contribution in [3.05, 3.63) is 59.7 Å². The predicted octanol–water partition coefficient (Wildman–Crippen LogP) is 5.76. The molecule has 0 bridgehead atoms. The lowest BCUT2D eigenvalue weighted by Crippen LogP contribution is -2.05. The summed E-state index contributed by atoms with van der Waals surface area (Å²) in [4.78, 5) is 0.0771. The molecule has 18 heteroatoms. The number of rotatable bonds is 11. The van der Waals surface area contributed by atoms with Gasteiger partial charge in [0.15, 0.2) is 0 Å². The van der Waals surface area contributed by atoms with Crippen LogP contribution >= 0.6 is 42.6 Å². The first-order valence-corrected chi connectivity index (χ1v) is 16.8. The van der Waals surface area contributed by atoms with Gasteiger partial charge in [-0.15, -0.1) is 27.1 Å². The average molecular weight is 667 g/mol. The van der Waals surface area contributed by atoms with Crippen molar-refractivity contribution in [2.24, 2.45) is 0 Å². The third-order valence-corrected chi connectivity index (χ3v) is 9.69. The van der Waals surface area contributed by atoms with Gasteiger partial charge in [0, 0.05) is 20.6 Å². The van der Waals surface area contributed by atoms with E-state index < -0.39 is 20.2 Å². The molecule has 0 aliphatic carbocycles. The molecule has 4 N–H and O–H groups in total. The Labute approximate surface area is 241 Å². The third-order valence-electron chi connectivity index (χ3n) is 5.87. The van der Waals surface area contributed by atoms with Gasteiger partial charge in [-0.05, 0) is 81.7 Å². The van der Waals surface area contributed by atoms with E-state index in [4.69, 9.17) is 10.5 Å². The fraction of sp³-hybridized carbons (Fsp3) is 0.0909. The summed E-state index contributed by atoms with van der Waals surface area (Å²) in [5, 5.41) is 25.6. The maximum atomic E-state index is 12.4. The summed E-state index contributed by atoms with van der Waals surface area (Å²) in [7, 11) is -4.37. The Kier molecular flexibility index (Phi) is 10.1. The molecule has 2 unspecified atom stereocenters. The van der Waals surface area contributed by atoms with E-state index in [1.807, 2.05) is 0 Å². The molecule has 4 rings (SSSR count). The van der Waals surface area contributed by atoms with Crippen LogP contribution in [-0.4, -0.2) is 36.5 Å². The van der Waals surface area contributed by atoms with Crippen molar-refractivity contribution in [2.75, 3.05) is 0 Å². The topological polar surface area (TPSA) is 186 Å². The summed E-state index contributed by atoms with van der Waals surface area (Å²) in [5.41, 5.74) is 1.91. The minimum absolute atomic E-state index is 0.151. The fourth-order valence-corrected chi connectivity index (χ4v) is 7.34. The fourth-order valence-electron chi connectivity index (χ4n) is 4.40. The monoisotopic (exact) mass is 666 g/mol. The van der Waals surface area contributed by atoms with Crippen LogP contribution in [0.3, 0.4) is 0 Å². The highest BCUT2D eigenvalue weighted by Gasteiger charge is 2.26. The normalized spacial score (nSPS) is 12.4. The molecule has 12 nitrogen and oxygen atoms in total. The Morgan fingerprint density at radius 2 is 1.00 bits per heavy atom. The minimum Gasteiger partial charge on any atom is -0.282 e. The van der Waals surface area contributed by atoms with Gasteiger partial charge in [0.25, 0.3) is 20.2 Å². The molecule has 0 saturated heterocycles. The molecule has 0 heterocycles. The standard InChI is InChI=1S/C22H20O12P2S4/c23-31-33-37-13-1-3-15-17(7-13)21(11(9-35)5-19(15)39(25,26)27)22-12(10-36)6-20(40(28,29)30)16-4-2-14(8-18(16)22)38-34-32-24/h1-8,23-24H,9-10,35-36H2,(H,25,26,27)(H,28,29,30). The molecular formula is C22H20O12P2S4. The van der Waals surface area contributed by atoms with E-state index in [1.54, 1.807) is 12.1 Å². The minimum atomic E-state index is -4.68. The highest BCUT2D eigenvalue weighted by atomic mass is 32.2. The molecule has 2 atom stereocenters. The Balaban J connectivity index is 2.25. The second kappa shape index (κ2) is 12.8. The maximum absolute atomic E-state index is 12.4. The molecule has 0 aliphatic heterocycles. The summed E-state index contributed by atoms with van der Waals surface area (Å²) < 4.78 is 78.6. The highest BCUT2D eigenvalue weighted by molar-refractivity contribution is 7.94. The van der Waals surface area contributed by atoms with Crippen molar-refractivity contribution in [1.82, 2.24) is 0 Å². The van der Waals surface area contributed by atoms with Gasteiger partial charge in [-0.1, -0.05) is 22.2 Å². The molecule has 0 aromatic heterocycles. The molecule has 40 heavy (non-hydrogen) atoms. The summed E-state index contributed by atoms with van der Waals surface area (Å²) >= 11 is 1.27. The van der Waals surface area contributed by atoms with Gasteiger partial charge < -0.3 is 0 Å². The zero-order valence-electron chi connectivity index (χ0n) is 19.9. The molecule has 0 fully saturated rings. The Morgan fingerprint density at radius 3 is 1.30 bits per heavy atom. The Morgan fingerprint density at radius 1 is 0.625 bits per heavy atom. The zero-order valence-corrected chi connectivity index (χ0v) is 25.5. The maximum Gasteiger partial charge on any atom is 0.295 e. The zero-order chi connectivity index (χ0) is 29.2. The molecule has 0 spiro atoms. The quantitative estimate of drug-likeness (QED) is 0.0498. The van der Waals surface area contributed by atoms with Crippen LogP contribution < -0.4 is 0 Å². The van der Waals surface area contributed by atoms with E-state index in [0.717, 1.165) is 0 Å². The smallest absolute Gasteiger partial charge is 0.282 e. The number of hydrogen-bond donors (Lipinski definition) is 4. The summed E-state index contributed by atoms with van der Waals surface area (Å²) in [6.07, 6.45) is 0.435. The highest BCUT2D eigenvalue weighted by Crippen LogP contribution is 2.45. The second-order valence-electron chi connectivity index (χ2n) is 8.04. The van der Waals surface area contributed by atoms with Gasteiger partial charge >= 0.3 is 0 Å². The van der Waals surface area contributed by atoms with Crippen molar-refractivity contribution in [3.8, 4) is 11.1 Å². The van der Waals surface area contributed by atoms with Gasteiger partial charge in [0.2, 0.25) is 0 Å². The van der Waals surface area contributed by atoms with Crippen LogP contribution in [0, 0.1) is 0 Å². The molecular weight excluding hydrogens is 646 g/mol. The Hall–Kier alpha value is -1.46. The van der Waals surface area contributed by atoms with Gasteiger partial charge in [0.05, 0.1) is 24.1 Å². The van der Waals surface area contributed by atoms with E-state index in [-0.39, 0.29) is 32.9 Å². The number of fused-ring (bicyclic) bond motifs is 2. The average Bonchev–Trinajstić information content (AvgIpc) is 2.91. The van der Waals surface area contributed by atoms with E-state index in [0.29, 0.717) is 66.9 Å². The Bertz CT molecular complexity index is 1680. The first kappa shape index (κ1) is 31.5. The largest absolute Gasteiger partial charge is 0.295 e. The van der Waals surface area contributed by atoms with E-state index >= 15 is 0 Å². The molecule has 0 amide bonds. The number of hydrogen-bond acceptors (Lipinski definition) is 12. The van der Waals surface area contributed by atoms with Crippen LogP contribution in [0.15, 0.2) is 68.1 Å². The third kappa shape index (κ3) is 6.46. The molecule has 4 aromatic rings. The molecule has 0 saturated carbocycles. The van der Waals surface area contributed by atoms with Gasteiger partial charge in [0.1, 0.15) is 9.79 Å². The first-order chi connectivity index (χ1) is 18.9. The van der Waals surface area contributed by atoms with E-state index in [2.05, 4.69) is 37.2 Å². The van der Waals surface area contributed by atoms with Gasteiger partial charge in [-0.3, -0.25) is 9.11 Å². The van der Waals surface area contributed by atoms with Crippen LogP contribution in [0.4, 0.5) is 0 Å². The number of benzene rings is 4. The van der Waals surface area contributed by atoms with Crippen LogP contribution in [0.1, 0.15) is 11.1 Å². The summed E-state index contributed by atoms with van der Waals surface area (Å²) in [6.45, 7) is 0. The molecule has 4 aromatic carbocycles. The van der Waals surface area contributed by atoms with Crippen LogP contribution in [0.25, 0.3) is 32.7 Å². The van der Waals surface area contributed by atoms with Crippen molar-refractivity contribution in [3.63, 3.8) is 0 Å². The van der Waals surface area contributed by atoms with Crippen LogP contribution in [0.5, 0.6) is 0 Å². The van der Waals surface area contributed by atoms with Gasteiger partial charge in [-0.2, -0.15) is 16.8 Å². The van der Waals surface area contributed by atoms with Gasteiger partial charge in [-0.25, -0.2) is 10.5 Å². The van der Waals surface area contributed by atoms with Crippen molar-refractivity contribution in [1.29, 1.82) is 0 Å². The SMILES string of the molecule is O=S(=O)(O)c1cc(CP)c(-c2c(CP)cc(S(=O)(=O)O)c3ccc(SOOO)cc23)c2cc(SOOO)ccc12. The lowest BCUT2D eigenvalue weighted by atomic mass is 9.87. The van der Waals surface area contributed by atoms with Crippen LogP contribution in [0.2, 0.25) is 0 Å². The van der Waals surface area contributed by atoms with Crippen molar-refractivity contribution < 1.29 is 55.2 Å². The molecule has 0 radical (unpaired) electrons. The molecule has 214 valence electrons. The van der Waals surface area contributed by atoms with Crippen LogP contribution in [-0.2, 0) is 51.3 Å². The summed E-state index contributed by atoms with van der Waals surface area (Å²) in [5.74, 6) is 0. The first-order valence-electron chi connectivity index (χ1n) is 10.8. The van der Waals surface area contributed by atoms with E-state index in [1.165, 1.54) is 36.4 Å². The predicted molar refractivity (Wildman–Crippen MR) is 155 cm³/mol.